The van der Waals surface area contributed by atoms with Gasteiger partial charge in [-0.1, -0.05) is 12.1 Å². The number of likely N-dealkylation sites (N-methyl/N-ethyl adjacent to an activating group) is 1. The van der Waals surface area contributed by atoms with E-state index < -0.39 is 7.12 Å². The molecule has 1 amide bonds. The van der Waals surface area contributed by atoms with Crippen LogP contribution in [0.4, 0.5) is 5.69 Å². The van der Waals surface area contributed by atoms with Crippen molar-refractivity contribution in [3.05, 3.63) is 23.8 Å². The second-order valence-electron chi connectivity index (χ2n) is 7.23. The van der Waals surface area contributed by atoms with E-state index in [9.17, 15) is 4.79 Å². The third kappa shape index (κ3) is 2.66. The summed E-state index contributed by atoms with van der Waals surface area (Å²) in [6.45, 7) is 9.29. The predicted octanol–water partition coefficient (Wildman–Crippen LogP) is 1.37. The van der Waals surface area contributed by atoms with Gasteiger partial charge in [0.05, 0.1) is 17.7 Å². The fourth-order valence-electron chi connectivity index (χ4n) is 2.76. The highest BCUT2D eigenvalue weighted by Gasteiger charge is 2.51. The van der Waals surface area contributed by atoms with Crippen LogP contribution in [0, 0.1) is 0 Å². The molecule has 1 aromatic rings. The van der Waals surface area contributed by atoms with Crippen LogP contribution in [0.5, 0.6) is 0 Å². The first-order valence-corrected chi connectivity index (χ1v) is 7.65. The van der Waals surface area contributed by atoms with Crippen LogP contribution in [0.3, 0.4) is 0 Å². The summed E-state index contributed by atoms with van der Waals surface area (Å²) in [4.78, 5) is 13.9. The minimum absolute atomic E-state index is 0.00678. The molecule has 1 aromatic carbocycles. The maximum absolute atomic E-state index is 11.9. The Morgan fingerprint density at radius 1 is 1.14 bits per heavy atom. The van der Waals surface area contributed by atoms with Crippen LogP contribution in [0.25, 0.3) is 0 Å². The second-order valence-corrected chi connectivity index (χ2v) is 7.23. The van der Waals surface area contributed by atoms with Crippen LogP contribution in [0.1, 0.15) is 33.3 Å². The van der Waals surface area contributed by atoms with Crippen molar-refractivity contribution in [1.82, 2.24) is 4.90 Å². The minimum Gasteiger partial charge on any atom is -0.399 e. The van der Waals surface area contributed by atoms with Crippen molar-refractivity contribution < 1.29 is 14.1 Å². The summed E-state index contributed by atoms with van der Waals surface area (Å²) in [6.07, 6.45) is 0. The van der Waals surface area contributed by atoms with Gasteiger partial charge in [-0.3, -0.25) is 9.69 Å². The molecule has 5 nitrogen and oxygen atoms in total. The predicted molar refractivity (Wildman–Crippen MR) is 87.1 cm³/mol. The summed E-state index contributed by atoms with van der Waals surface area (Å²) in [5.74, 6) is 0.00678. The van der Waals surface area contributed by atoms with E-state index in [2.05, 4.69) is 5.32 Å². The van der Waals surface area contributed by atoms with Crippen LogP contribution in [-0.2, 0) is 20.6 Å². The molecule has 2 heterocycles. The van der Waals surface area contributed by atoms with E-state index in [0.717, 1.165) is 23.3 Å². The average molecular weight is 302 g/mol. The van der Waals surface area contributed by atoms with Crippen molar-refractivity contribution in [1.29, 1.82) is 0 Å². The van der Waals surface area contributed by atoms with Crippen LogP contribution in [0.15, 0.2) is 18.2 Å². The van der Waals surface area contributed by atoms with Crippen molar-refractivity contribution >= 4 is 24.2 Å². The largest absolute Gasteiger partial charge is 0.494 e. The Labute approximate surface area is 132 Å². The molecule has 1 fully saturated rings. The van der Waals surface area contributed by atoms with Gasteiger partial charge in [-0.2, -0.15) is 0 Å². The summed E-state index contributed by atoms with van der Waals surface area (Å²) in [6, 6.07) is 6.03. The van der Waals surface area contributed by atoms with Crippen molar-refractivity contribution in [3.63, 3.8) is 0 Å². The first-order valence-electron chi connectivity index (χ1n) is 7.65. The molecule has 0 unspecified atom stereocenters. The standard InChI is InChI=1S/C16H23BN2O3/c1-15(2)16(3,4)22-17(21-15)12-7-6-11-9-19(5)10-14(20)18-13(11)8-12/h6-8H,9-10H2,1-5H3,(H,18,20). The fourth-order valence-corrected chi connectivity index (χ4v) is 2.76. The number of amides is 1. The van der Waals surface area contributed by atoms with Gasteiger partial charge in [0, 0.05) is 12.2 Å². The molecule has 2 aliphatic heterocycles. The molecule has 1 saturated heterocycles. The molecule has 0 aliphatic carbocycles. The zero-order chi connectivity index (χ0) is 16.1. The number of hydrogen-bond acceptors (Lipinski definition) is 4. The average Bonchev–Trinajstić information content (AvgIpc) is 2.52. The van der Waals surface area contributed by atoms with Gasteiger partial charge in [-0.15, -0.1) is 0 Å². The molecule has 0 radical (unpaired) electrons. The minimum atomic E-state index is -0.409. The topological polar surface area (TPSA) is 50.8 Å². The van der Waals surface area contributed by atoms with Gasteiger partial charge in [-0.25, -0.2) is 0 Å². The van der Waals surface area contributed by atoms with Gasteiger partial charge in [-0.05, 0) is 51.8 Å². The van der Waals surface area contributed by atoms with Crippen molar-refractivity contribution in [3.8, 4) is 0 Å². The molecule has 118 valence electrons. The molecule has 2 aliphatic rings. The van der Waals surface area contributed by atoms with Gasteiger partial charge in [0.15, 0.2) is 0 Å². The highest BCUT2D eigenvalue weighted by Crippen LogP contribution is 2.36. The summed E-state index contributed by atoms with van der Waals surface area (Å²) < 4.78 is 12.1. The number of carbonyl (C=O) groups excluding carboxylic acids is 1. The summed E-state index contributed by atoms with van der Waals surface area (Å²) in [7, 11) is 1.53. The second kappa shape index (κ2) is 5.08. The van der Waals surface area contributed by atoms with E-state index in [1.807, 2.05) is 57.8 Å². The maximum atomic E-state index is 11.9. The smallest absolute Gasteiger partial charge is 0.399 e. The molecule has 0 spiro atoms. The van der Waals surface area contributed by atoms with Crippen molar-refractivity contribution in [2.75, 3.05) is 18.9 Å². The zero-order valence-corrected chi connectivity index (χ0v) is 13.9. The molecule has 22 heavy (non-hydrogen) atoms. The Morgan fingerprint density at radius 2 is 1.77 bits per heavy atom. The van der Waals surface area contributed by atoms with Gasteiger partial charge in [0.25, 0.3) is 0 Å². The van der Waals surface area contributed by atoms with Gasteiger partial charge in [0.1, 0.15) is 0 Å². The first-order chi connectivity index (χ1) is 10.2. The van der Waals surface area contributed by atoms with Gasteiger partial charge < -0.3 is 14.6 Å². The molecule has 3 rings (SSSR count). The first kappa shape index (κ1) is 15.5. The van der Waals surface area contributed by atoms with Crippen molar-refractivity contribution in [2.45, 2.75) is 45.4 Å². The van der Waals surface area contributed by atoms with Crippen LogP contribution in [-0.4, -0.2) is 42.7 Å². The van der Waals surface area contributed by atoms with Crippen LogP contribution in [0.2, 0.25) is 0 Å². The summed E-state index contributed by atoms with van der Waals surface area (Å²) >= 11 is 0. The maximum Gasteiger partial charge on any atom is 0.494 e. The fraction of sp³-hybridized carbons (Fsp3) is 0.562. The lowest BCUT2D eigenvalue weighted by Crippen LogP contribution is -2.41. The highest BCUT2D eigenvalue weighted by molar-refractivity contribution is 6.62. The Hall–Kier alpha value is -1.37. The van der Waals surface area contributed by atoms with E-state index in [1.54, 1.807) is 0 Å². The Kier molecular flexibility index (Phi) is 3.59. The lowest BCUT2D eigenvalue weighted by atomic mass is 9.78. The number of benzene rings is 1. The number of nitrogens with one attached hydrogen (secondary N) is 1. The number of carbonyl (C=O) groups is 1. The third-order valence-corrected chi connectivity index (χ3v) is 4.79. The quantitative estimate of drug-likeness (QED) is 0.796. The van der Waals surface area contributed by atoms with Gasteiger partial charge in [0.2, 0.25) is 5.91 Å². The monoisotopic (exact) mass is 302 g/mol. The Bertz CT molecular complexity index is 599. The van der Waals surface area contributed by atoms with Gasteiger partial charge >= 0.3 is 7.12 Å². The molecule has 0 bridgehead atoms. The Balaban J connectivity index is 1.90. The molecular formula is C16H23BN2O3. The SMILES string of the molecule is CN1CC(=O)Nc2cc(B3OC(C)(C)C(C)(C)O3)ccc2C1. The molecular weight excluding hydrogens is 279 g/mol. The third-order valence-electron chi connectivity index (χ3n) is 4.79. The normalized spacial score (nSPS) is 23.9. The lowest BCUT2D eigenvalue weighted by molar-refractivity contribution is -0.116. The number of anilines is 1. The molecule has 0 aromatic heterocycles. The van der Waals surface area contributed by atoms with E-state index >= 15 is 0 Å². The highest BCUT2D eigenvalue weighted by atomic mass is 16.7. The van der Waals surface area contributed by atoms with Crippen LogP contribution >= 0.6 is 0 Å². The summed E-state index contributed by atoms with van der Waals surface area (Å²) in [5, 5.41) is 2.97. The molecule has 0 saturated carbocycles. The number of hydrogen-bond donors (Lipinski definition) is 1. The summed E-state index contributed by atoms with van der Waals surface area (Å²) in [5.41, 5.74) is 2.15. The van der Waals surface area contributed by atoms with E-state index in [1.165, 1.54) is 0 Å². The van der Waals surface area contributed by atoms with E-state index in [4.69, 9.17) is 9.31 Å². The van der Waals surface area contributed by atoms with E-state index in [-0.39, 0.29) is 17.1 Å². The Morgan fingerprint density at radius 3 is 2.41 bits per heavy atom. The van der Waals surface area contributed by atoms with Crippen molar-refractivity contribution in [2.24, 2.45) is 0 Å². The van der Waals surface area contributed by atoms with Crippen LogP contribution < -0.4 is 10.8 Å². The molecule has 1 N–H and O–H groups in total. The number of nitrogens with zero attached hydrogens (tertiary/aromatic N) is 1. The molecule has 0 atom stereocenters. The lowest BCUT2D eigenvalue weighted by Gasteiger charge is -2.32. The zero-order valence-electron chi connectivity index (χ0n) is 13.9. The van der Waals surface area contributed by atoms with E-state index in [0.29, 0.717) is 6.54 Å². The number of rotatable bonds is 1. The number of fused-ring (bicyclic) bond motifs is 1. The molecule has 6 heteroatoms.